The maximum atomic E-state index is 13.7. The summed E-state index contributed by atoms with van der Waals surface area (Å²) in [6.45, 7) is -0.435. The summed E-state index contributed by atoms with van der Waals surface area (Å²) in [5, 5.41) is 5.02. The van der Waals surface area contributed by atoms with Crippen LogP contribution in [0.3, 0.4) is 0 Å². The molecule has 1 aromatic heterocycles. The molecular formula is C26H21FN2O5S. The van der Waals surface area contributed by atoms with Gasteiger partial charge in [0, 0.05) is 10.9 Å². The van der Waals surface area contributed by atoms with Gasteiger partial charge in [0.15, 0.2) is 6.61 Å². The molecule has 4 aromatic rings. The molecule has 3 aromatic carbocycles. The molecule has 0 fully saturated rings. The number of anilines is 1. The van der Waals surface area contributed by atoms with Crippen LogP contribution in [-0.4, -0.2) is 30.6 Å². The molecule has 0 spiro atoms. The van der Waals surface area contributed by atoms with Crippen molar-refractivity contribution in [2.45, 2.75) is 6.61 Å². The van der Waals surface area contributed by atoms with E-state index in [1.165, 1.54) is 35.6 Å². The van der Waals surface area contributed by atoms with Crippen LogP contribution >= 0.6 is 11.3 Å². The van der Waals surface area contributed by atoms with Crippen LogP contribution in [0.4, 0.5) is 10.1 Å². The molecule has 35 heavy (non-hydrogen) atoms. The van der Waals surface area contributed by atoms with Gasteiger partial charge in [0.1, 0.15) is 34.5 Å². The summed E-state index contributed by atoms with van der Waals surface area (Å²) in [5.41, 5.74) is 1.71. The third-order valence-corrected chi connectivity index (χ3v) is 5.77. The Hall–Kier alpha value is -4.24. The highest BCUT2D eigenvalue weighted by Gasteiger charge is 2.16. The van der Waals surface area contributed by atoms with Gasteiger partial charge in [-0.2, -0.15) is 0 Å². The number of nitrogens with zero attached hydrogens (tertiary/aromatic N) is 1. The Bertz CT molecular complexity index is 1340. The lowest BCUT2D eigenvalue weighted by molar-refractivity contribution is -0.118. The molecule has 0 radical (unpaired) electrons. The van der Waals surface area contributed by atoms with Gasteiger partial charge < -0.3 is 19.5 Å². The van der Waals surface area contributed by atoms with E-state index in [-0.39, 0.29) is 23.6 Å². The quantitative estimate of drug-likeness (QED) is 0.318. The zero-order valence-electron chi connectivity index (χ0n) is 18.7. The maximum absolute atomic E-state index is 13.7. The molecule has 7 nitrogen and oxygen atoms in total. The lowest BCUT2D eigenvalue weighted by Gasteiger charge is -2.11. The fourth-order valence-electron chi connectivity index (χ4n) is 3.13. The molecule has 0 saturated heterocycles. The number of rotatable bonds is 9. The first-order valence-electron chi connectivity index (χ1n) is 10.6. The van der Waals surface area contributed by atoms with Crippen molar-refractivity contribution in [3.63, 3.8) is 0 Å². The number of aromatic nitrogens is 1. The van der Waals surface area contributed by atoms with Gasteiger partial charge in [0.2, 0.25) is 0 Å². The SMILES string of the molecule is COc1cccc(-c2nc(COC(=O)c3ccccc3OCC(=O)Nc3ccccc3F)cs2)c1. The van der Waals surface area contributed by atoms with Crippen LogP contribution in [-0.2, 0) is 16.1 Å². The number of benzene rings is 3. The number of para-hydroxylation sites is 2. The molecule has 1 N–H and O–H groups in total. The van der Waals surface area contributed by atoms with Crippen LogP contribution in [0.25, 0.3) is 10.6 Å². The highest BCUT2D eigenvalue weighted by atomic mass is 32.1. The lowest BCUT2D eigenvalue weighted by Crippen LogP contribution is -2.21. The van der Waals surface area contributed by atoms with Crippen LogP contribution in [0.5, 0.6) is 11.5 Å². The molecular weight excluding hydrogens is 471 g/mol. The maximum Gasteiger partial charge on any atom is 0.342 e. The average Bonchev–Trinajstić information content (AvgIpc) is 3.37. The van der Waals surface area contributed by atoms with Crippen LogP contribution < -0.4 is 14.8 Å². The van der Waals surface area contributed by atoms with Crippen molar-refractivity contribution in [2.75, 3.05) is 19.0 Å². The van der Waals surface area contributed by atoms with E-state index in [0.29, 0.717) is 5.69 Å². The molecule has 0 bridgehead atoms. The summed E-state index contributed by atoms with van der Waals surface area (Å²) in [7, 11) is 1.60. The third kappa shape index (κ3) is 6.21. The predicted molar refractivity (Wildman–Crippen MR) is 130 cm³/mol. The van der Waals surface area contributed by atoms with Gasteiger partial charge in [-0.05, 0) is 36.4 Å². The second kappa shape index (κ2) is 11.3. The first-order chi connectivity index (χ1) is 17.0. The Morgan fingerprint density at radius 3 is 2.66 bits per heavy atom. The molecule has 1 amide bonds. The number of hydrogen-bond donors (Lipinski definition) is 1. The van der Waals surface area contributed by atoms with Crippen molar-refractivity contribution in [1.29, 1.82) is 0 Å². The van der Waals surface area contributed by atoms with Gasteiger partial charge in [-0.3, -0.25) is 4.79 Å². The minimum absolute atomic E-state index is 0.0264. The summed E-state index contributed by atoms with van der Waals surface area (Å²) in [6, 6.07) is 19.8. The second-order valence-corrected chi connectivity index (χ2v) is 8.12. The largest absolute Gasteiger partial charge is 0.497 e. The number of esters is 1. The number of halogens is 1. The summed E-state index contributed by atoms with van der Waals surface area (Å²) in [4.78, 5) is 29.4. The van der Waals surface area contributed by atoms with Crippen molar-refractivity contribution in [3.05, 3.63) is 95.3 Å². The predicted octanol–water partition coefficient (Wildman–Crippen LogP) is 5.33. The molecule has 1 heterocycles. The number of ether oxygens (including phenoxy) is 3. The molecule has 0 atom stereocenters. The molecule has 178 valence electrons. The first-order valence-corrected chi connectivity index (χ1v) is 11.4. The highest BCUT2D eigenvalue weighted by Crippen LogP contribution is 2.27. The van der Waals surface area contributed by atoms with Crippen molar-refractivity contribution in [1.82, 2.24) is 4.98 Å². The minimum Gasteiger partial charge on any atom is -0.497 e. The fraction of sp³-hybridized carbons (Fsp3) is 0.115. The minimum atomic E-state index is -0.619. The normalized spacial score (nSPS) is 10.5. The standard InChI is InChI=1S/C26H21FN2O5S/c1-32-19-8-6-7-17(13-19)25-28-18(16-35-25)14-34-26(31)20-9-2-5-12-23(20)33-15-24(30)29-22-11-4-3-10-21(22)27/h2-13,16H,14-15H2,1H3,(H,29,30). The molecule has 0 unspecified atom stereocenters. The van der Waals surface area contributed by atoms with E-state index in [0.717, 1.165) is 16.3 Å². The average molecular weight is 493 g/mol. The van der Waals surface area contributed by atoms with E-state index < -0.39 is 24.3 Å². The summed E-state index contributed by atoms with van der Waals surface area (Å²) in [5.74, 6) is -0.834. The Balaban J connectivity index is 1.35. The summed E-state index contributed by atoms with van der Waals surface area (Å²) < 4.78 is 29.9. The molecule has 0 aliphatic rings. The first kappa shape index (κ1) is 23.9. The van der Waals surface area contributed by atoms with Gasteiger partial charge >= 0.3 is 5.97 Å². The summed E-state index contributed by atoms with van der Waals surface area (Å²) in [6.07, 6.45) is 0. The molecule has 0 saturated carbocycles. The molecule has 4 rings (SSSR count). The Labute approximate surface area is 205 Å². The topological polar surface area (TPSA) is 86.8 Å². The van der Waals surface area contributed by atoms with Crippen molar-refractivity contribution in [3.8, 4) is 22.1 Å². The van der Waals surface area contributed by atoms with Crippen molar-refractivity contribution < 1.29 is 28.2 Å². The third-order valence-electron chi connectivity index (χ3n) is 4.83. The van der Waals surface area contributed by atoms with E-state index in [2.05, 4.69) is 10.3 Å². The Kier molecular flexibility index (Phi) is 7.69. The van der Waals surface area contributed by atoms with Gasteiger partial charge in [0.05, 0.1) is 18.5 Å². The van der Waals surface area contributed by atoms with E-state index in [1.54, 1.807) is 31.4 Å². The van der Waals surface area contributed by atoms with E-state index in [1.807, 2.05) is 29.6 Å². The smallest absolute Gasteiger partial charge is 0.342 e. The lowest BCUT2D eigenvalue weighted by atomic mass is 10.2. The Morgan fingerprint density at radius 2 is 1.83 bits per heavy atom. The van der Waals surface area contributed by atoms with Crippen LogP contribution in [0, 0.1) is 5.82 Å². The number of thiazole rings is 1. The molecule has 9 heteroatoms. The van der Waals surface area contributed by atoms with Gasteiger partial charge in [-0.1, -0.05) is 36.4 Å². The molecule has 0 aliphatic carbocycles. The van der Waals surface area contributed by atoms with E-state index in [9.17, 15) is 14.0 Å². The van der Waals surface area contributed by atoms with Crippen LogP contribution in [0.15, 0.2) is 78.2 Å². The van der Waals surface area contributed by atoms with Crippen LogP contribution in [0.2, 0.25) is 0 Å². The number of carbonyl (C=O) groups is 2. The molecule has 0 aliphatic heterocycles. The van der Waals surface area contributed by atoms with Crippen molar-refractivity contribution >= 4 is 28.9 Å². The fourth-order valence-corrected chi connectivity index (χ4v) is 3.93. The van der Waals surface area contributed by atoms with E-state index >= 15 is 0 Å². The summed E-state index contributed by atoms with van der Waals surface area (Å²) >= 11 is 1.43. The zero-order valence-corrected chi connectivity index (χ0v) is 19.5. The van der Waals surface area contributed by atoms with Gasteiger partial charge in [-0.15, -0.1) is 11.3 Å². The number of amides is 1. The number of methoxy groups -OCH3 is 1. The zero-order chi connectivity index (χ0) is 24.6. The number of nitrogens with one attached hydrogen (secondary N) is 1. The number of carbonyl (C=O) groups excluding carboxylic acids is 2. The van der Waals surface area contributed by atoms with Crippen LogP contribution in [0.1, 0.15) is 16.1 Å². The van der Waals surface area contributed by atoms with Gasteiger partial charge in [0.25, 0.3) is 5.91 Å². The van der Waals surface area contributed by atoms with Gasteiger partial charge in [-0.25, -0.2) is 14.2 Å². The van der Waals surface area contributed by atoms with E-state index in [4.69, 9.17) is 14.2 Å². The monoisotopic (exact) mass is 492 g/mol. The second-order valence-electron chi connectivity index (χ2n) is 7.26. The van der Waals surface area contributed by atoms with Crippen molar-refractivity contribution in [2.24, 2.45) is 0 Å². The highest BCUT2D eigenvalue weighted by molar-refractivity contribution is 7.13. The Morgan fingerprint density at radius 1 is 1.03 bits per heavy atom. The number of hydrogen-bond acceptors (Lipinski definition) is 7.